The Morgan fingerprint density at radius 2 is 1.96 bits per heavy atom. The summed E-state index contributed by atoms with van der Waals surface area (Å²) in [6.07, 6.45) is -7.72. The zero-order valence-electron chi connectivity index (χ0n) is 17.2. The summed E-state index contributed by atoms with van der Waals surface area (Å²) in [4.78, 5) is 15.1. The summed E-state index contributed by atoms with van der Waals surface area (Å²) < 4.78 is 53.2. The van der Waals surface area contributed by atoms with Crippen molar-refractivity contribution >= 4 is 14.4 Å². The predicted molar refractivity (Wildman–Crippen MR) is 99.3 cm³/mol. The lowest BCUT2D eigenvalue weighted by Crippen LogP contribution is -2.59. The summed E-state index contributed by atoms with van der Waals surface area (Å²) >= 11 is 0. The predicted octanol–water partition coefficient (Wildman–Crippen LogP) is 4.98. The van der Waals surface area contributed by atoms with Crippen LogP contribution in [0.25, 0.3) is 10.4 Å². The first-order chi connectivity index (χ1) is 12.5. The minimum Gasteiger partial charge on any atom is -0.465 e. The van der Waals surface area contributed by atoms with E-state index >= 15 is 0 Å². The number of alkyl halides is 3. The van der Waals surface area contributed by atoms with E-state index in [1.54, 1.807) is 13.1 Å². The van der Waals surface area contributed by atoms with Gasteiger partial charge in [-0.2, -0.15) is 13.2 Å². The summed E-state index contributed by atoms with van der Waals surface area (Å²) in [5.41, 5.74) is 7.24. The van der Waals surface area contributed by atoms with E-state index in [2.05, 4.69) is 10.0 Å². The molecular weight excluding hydrogens is 397 g/mol. The van der Waals surface area contributed by atoms with Gasteiger partial charge in [0.1, 0.15) is 5.72 Å². The Bertz CT molecular complexity index is 630. The largest absolute Gasteiger partial charge is 0.465 e. The van der Waals surface area contributed by atoms with E-state index in [-0.39, 0.29) is 6.61 Å². The van der Waals surface area contributed by atoms with Crippen LogP contribution in [0.2, 0.25) is 18.1 Å². The second kappa shape index (κ2) is 8.09. The third-order valence-electron chi connectivity index (χ3n) is 5.50. The molecule has 0 aromatic heterocycles. The van der Waals surface area contributed by atoms with Crippen molar-refractivity contribution in [2.75, 3.05) is 13.2 Å². The number of azide groups is 1. The second-order valence-corrected chi connectivity index (χ2v) is 13.6. The normalized spacial score (nSPS) is 22.5. The van der Waals surface area contributed by atoms with Crippen LogP contribution in [0.1, 0.15) is 34.6 Å². The van der Waals surface area contributed by atoms with Gasteiger partial charge in [0.2, 0.25) is 0 Å². The SMILES string of the molecule is CC1(C)OC[C@H](C(O[Si](C)(C)C(C)(C)C)C(CN=[N+]=[N-])C(F)(F)F)N1C(=O)O. The van der Waals surface area contributed by atoms with Crippen LogP contribution in [0.5, 0.6) is 0 Å². The molecule has 0 bridgehead atoms. The zero-order chi connectivity index (χ0) is 22.1. The van der Waals surface area contributed by atoms with Crippen molar-refractivity contribution in [3.63, 3.8) is 0 Å². The maximum atomic E-state index is 13.9. The monoisotopic (exact) mass is 426 g/mol. The number of amides is 1. The standard InChI is InChI=1S/C16H29F3N4O4Si/c1-14(2,3)28(6,7)27-12(10(8-21-22-20)16(17,18)19)11-9-26-15(4,5)23(11)13(24)25/h10-12H,8-9H2,1-7H3,(H,24,25)/t10?,11-,12?/m1/s1. The lowest BCUT2D eigenvalue weighted by atomic mass is 9.94. The summed E-state index contributed by atoms with van der Waals surface area (Å²) in [5, 5.41) is 12.3. The molecule has 0 aromatic rings. The van der Waals surface area contributed by atoms with E-state index in [4.69, 9.17) is 14.7 Å². The fourth-order valence-corrected chi connectivity index (χ4v) is 4.27. The molecule has 0 spiro atoms. The van der Waals surface area contributed by atoms with Gasteiger partial charge >= 0.3 is 12.3 Å². The second-order valence-electron chi connectivity index (χ2n) is 8.88. The molecule has 0 saturated carbocycles. The fraction of sp³-hybridized carbons (Fsp3) is 0.938. The van der Waals surface area contributed by atoms with Crippen LogP contribution in [0.4, 0.5) is 18.0 Å². The van der Waals surface area contributed by atoms with Gasteiger partial charge in [0, 0.05) is 11.5 Å². The minimum atomic E-state index is -4.75. The first-order valence-corrected chi connectivity index (χ1v) is 11.8. The van der Waals surface area contributed by atoms with Crippen molar-refractivity contribution in [3.8, 4) is 0 Å². The molecule has 1 aliphatic rings. The number of carbonyl (C=O) groups is 1. The van der Waals surface area contributed by atoms with E-state index < -0.39 is 56.0 Å². The molecule has 12 heteroatoms. The van der Waals surface area contributed by atoms with E-state index in [9.17, 15) is 23.1 Å². The van der Waals surface area contributed by atoms with Gasteiger partial charge in [0.05, 0.1) is 24.7 Å². The Balaban J connectivity index is 3.50. The van der Waals surface area contributed by atoms with Crippen molar-refractivity contribution in [1.29, 1.82) is 0 Å². The number of nitrogens with zero attached hydrogens (tertiary/aromatic N) is 4. The molecule has 28 heavy (non-hydrogen) atoms. The van der Waals surface area contributed by atoms with Gasteiger partial charge in [-0.1, -0.05) is 25.9 Å². The van der Waals surface area contributed by atoms with E-state index in [0.717, 1.165) is 4.90 Å². The number of hydrogen-bond donors (Lipinski definition) is 1. The molecule has 162 valence electrons. The number of hydrogen-bond acceptors (Lipinski definition) is 4. The van der Waals surface area contributed by atoms with Gasteiger partial charge in [0.15, 0.2) is 8.32 Å². The molecular formula is C16H29F3N4O4Si. The molecule has 1 saturated heterocycles. The lowest BCUT2D eigenvalue weighted by molar-refractivity contribution is -0.200. The van der Waals surface area contributed by atoms with Crippen molar-refractivity contribution in [2.24, 2.45) is 11.0 Å². The molecule has 2 unspecified atom stereocenters. The fourth-order valence-electron chi connectivity index (χ4n) is 2.91. The highest BCUT2D eigenvalue weighted by atomic mass is 28.4. The minimum absolute atomic E-state index is 0.249. The van der Waals surface area contributed by atoms with Gasteiger partial charge in [-0.25, -0.2) is 4.79 Å². The molecule has 0 aliphatic carbocycles. The molecule has 3 atom stereocenters. The highest BCUT2D eigenvalue weighted by Crippen LogP contribution is 2.43. The molecule has 1 rings (SSSR count). The number of carboxylic acid groups (broad SMARTS) is 1. The molecule has 1 aliphatic heterocycles. The number of ether oxygens (including phenoxy) is 1. The van der Waals surface area contributed by atoms with Crippen LogP contribution in [0, 0.1) is 5.92 Å². The van der Waals surface area contributed by atoms with E-state index in [0.29, 0.717) is 0 Å². The Labute approximate surface area is 163 Å². The van der Waals surface area contributed by atoms with Crippen molar-refractivity contribution in [1.82, 2.24) is 4.90 Å². The molecule has 1 amide bonds. The molecule has 1 heterocycles. The summed E-state index contributed by atoms with van der Waals surface area (Å²) in [7, 11) is -2.74. The van der Waals surface area contributed by atoms with Gasteiger partial charge in [-0.3, -0.25) is 4.90 Å². The molecule has 0 aromatic carbocycles. The van der Waals surface area contributed by atoms with Crippen LogP contribution in [-0.4, -0.2) is 61.6 Å². The number of halogens is 3. The molecule has 8 nitrogen and oxygen atoms in total. The van der Waals surface area contributed by atoms with Crippen LogP contribution in [-0.2, 0) is 9.16 Å². The third-order valence-corrected chi connectivity index (χ3v) is 9.97. The Kier molecular flexibility index (Phi) is 7.09. The van der Waals surface area contributed by atoms with Crippen molar-refractivity contribution in [2.45, 2.75) is 76.8 Å². The maximum Gasteiger partial charge on any atom is 0.409 e. The quantitative estimate of drug-likeness (QED) is 0.280. The van der Waals surface area contributed by atoms with Gasteiger partial charge < -0.3 is 14.3 Å². The first kappa shape index (κ1) is 24.5. The van der Waals surface area contributed by atoms with Crippen LogP contribution in [0.3, 0.4) is 0 Å². The zero-order valence-corrected chi connectivity index (χ0v) is 18.2. The summed E-state index contributed by atoms with van der Waals surface area (Å²) in [6, 6.07) is -1.19. The summed E-state index contributed by atoms with van der Waals surface area (Å²) in [5.74, 6) is -2.16. The average Bonchev–Trinajstić information content (AvgIpc) is 2.79. The maximum absolute atomic E-state index is 13.9. The summed E-state index contributed by atoms with van der Waals surface area (Å²) in [6.45, 7) is 11.0. The molecule has 1 N–H and O–H groups in total. The number of rotatable bonds is 6. The third kappa shape index (κ3) is 5.31. The van der Waals surface area contributed by atoms with Crippen LogP contribution >= 0.6 is 0 Å². The van der Waals surface area contributed by atoms with Crippen LogP contribution in [0.15, 0.2) is 5.11 Å². The smallest absolute Gasteiger partial charge is 0.409 e. The van der Waals surface area contributed by atoms with Crippen molar-refractivity contribution in [3.05, 3.63) is 10.4 Å². The average molecular weight is 427 g/mol. The Morgan fingerprint density at radius 3 is 2.36 bits per heavy atom. The van der Waals surface area contributed by atoms with Gasteiger partial charge in [0.25, 0.3) is 0 Å². The van der Waals surface area contributed by atoms with Gasteiger partial charge in [-0.15, -0.1) is 0 Å². The van der Waals surface area contributed by atoms with Crippen LogP contribution < -0.4 is 0 Å². The van der Waals surface area contributed by atoms with Crippen molar-refractivity contribution < 1.29 is 32.2 Å². The van der Waals surface area contributed by atoms with E-state index in [1.807, 2.05) is 20.8 Å². The lowest BCUT2D eigenvalue weighted by Gasteiger charge is -2.45. The first-order valence-electron chi connectivity index (χ1n) is 8.87. The van der Waals surface area contributed by atoms with E-state index in [1.165, 1.54) is 13.8 Å². The van der Waals surface area contributed by atoms with Gasteiger partial charge in [-0.05, 0) is 37.5 Å². The topological polar surface area (TPSA) is 108 Å². The highest BCUT2D eigenvalue weighted by Gasteiger charge is 2.56. The molecule has 1 fully saturated rings. The Hall–Kier alpha value is -1.49. The highest BCUT2D eigenvalue weighted by molar-refractivity contribution is 6.74. The molecule has 0 radical (unpaired) electrons. The Morgan fingerprint density at radius 1 is 1.43 bits per heavy atom.